The molecule has 6 rings (SSSR count). The van der Waals surface area contributed by atoms with E-state index >= 15 is 0 Å². The van der Waals surface area contributed by atoms with Gasteiger partial charge in [-0.1, -0.05) is 13.8 Å². The number of pyridine rings is 1. The topological polar surface area (TPSA) is 124 Å². The number of rotatable bonds is 7. The molecule has 12 heteroatoms. The average molecular weight is 582 g/mol. The van der Waals surface area contributed by atoms with E-state index in [0.717, 1.165) is 18.8 Å². The Balaban J connectivity index is 1.33. The first-order valence-electron chi connectivity index (χ1n) is 14.3. The Bertz CT molecular complexity index is 1610. The number of nitrogens with zero attached hydrogens (tertiary/aromatic N) is 6. The number of sulfonamides is 1. The molecule has 1 N–H and O–H groups in total. The predicted molar refractivity (Wildman–Crippen MR) is 154 cm³/mol. The molecule has 1 saturated heterocycles. The largest absolute Gasteiger partial charge is 0.473 e. The van der Waals surface area contributed by atoms with Gasteiger partial charge >= 0.3 is 0 Å². The van der Waals surface area contributed by atoms with Crippen molar-refractivity contribution in [2.75, 3.05) is 11.4 Å². The Kier molecular flexibility index (Phi) is 6.48. The molecule has 1 amide bonds. The van der Waals surface area contributed by atoms with E-state index in [4.69, 9.17) is 9.72 Å². The molecule has 1 aliphatic heterocycles. The minimum atomic E-state index is -4.15. The molecule has 3 aliphatic rings. The van der Waals surface area contributed by atoms with Gasteiger partial charge in [-0.25, -0.2) is 22.8 Å². The SMILES string of the molecule is Cc1nn(C)cc1S(=O)(=O)NC(=O)c1ccc(-n2ccc(O[C@H]3C[C@@H]4CC[C@H]3C4)n2)nc1N1CC(C)(C)CC1(C)C. The quantitative estimate of drug-likeness (QED) is 0.444. The lowest BCUT2D eigenvalue weighted by atomic mass is 9.86. The maximum Gasteiger partial charge on any atom is 0.268 e. The van der Waals surface area contributed by atoms with E-state index in [9.17, 15) is 13.2 Å². The van der Waals surface area contributed by atoms with Crippen LogP contribution in [0, 0.1) is 24.2 Å². The number of amides is 1. The number of aromatic nitrogens is 5. The number of anilines is 1. The standard InChI is InChI=1S/C29H39N7O4S/c1-18-23(15-34(6)31-18)41(38,39)33-27(37)21-9-10-24(30-26(21)35-17-28(2,3)16-29(35,4)5)36-12-11-25(32-36)40-22-14-19-7-8-20(22)13-19/h9-12,15,19-20,22H,7-8,13-14,16-17H2,1-6H3,(H,33,37)/t19-,20+,22+/m1/s1. The van der Waals surface area contributed by atoms with E-state index in [1.54, 1.807) is 30.8 Å². The van der Waals surface area contributed by atoms with E-state index in [2.05, 4.69) is 47.5 Å². The van der Waals surface area contributed by atoms with E-state index in [0.29, 0.717) is 35.7 Å². The first-order valence-corrected chi connectivity index (χ1v) is 15.8. The van der Waals surface area contributed by atoms with Gasteiger partial charge in [-0.3, -0.25) is 9.48 Å². The van der Waals surface area contributed by atoms with Crippen LogP contribution in [0.5, 0.6) is 5.88 Å². The number of carbonyl (C=O) groups is 1. The second kappa shape index (κ2) is 9.57. The summed E-state index contributed by atoms with van der Waals surface area (Å²) in [6.07, 6.45) is 9.15. The molecular weight excluding hydrogens is 542 g/mol. The van der Waals surface area contributed by atoms with Crippen LogP contribution >= 0.6 is 0 Å². The number of fused-ring (bicyclic) bond motifs is 2. The molecule has 41 heavy (non-hydrogen) atoms. The summed E-state index contributed by atoms with van der Waals surface area (Å²) in [7, 11) is -2.51. The molecule has 0 spiro atoms. The van der Waals surface area contributed by atoms with Crippen LogP contribution in [0.4, 0.5) is 5.82 Å². The second-order valence-corrected chi connectivity index (χ2v) is 15.0. The molecule has 3 atom stereocenters. The summed E-state index contributed by atoms with van der Waals surface area (Å²) in [5.41, 5.74) is 0.144. The number of carbonyl (C=O) groups excluding carboxylic acids is 1. The smallest absolute Gasteiger partial charge is 0.268 e. The Morgan fingerprint density at radius 2 is 1.88 bits per heavy atom. The molecule has 2 bridgehead atoms. The molecule has 3 aromatic rings. The zero-order valence-electron chi connectivity index (χ0n) is 24.6. The first-order chi connectivity index (χ1) is 19.2. The highest BCUT2D eigenvalue weighted by molar-refractivity contribution is 7.90. The number of ether oxygens (including phenoxy) is 1. The van der Waals surface area contributed by atoms with Gasteiger partial charge < -0.3 is 9.64 Å². The van der Waals surface area contributed by atoms with Crippen molar-refractivity contribution < 1.29 is 17.9 Å². The normalized spacial score (nSPS) is 24.6. The van der Waals surface area contributed by atoms with Gasteiger partial charge in [0, 0.05) is 37.6 Å². The lowest BCUT2D eigenvalue weighted by Gasteiger charge is -2.33. The lowest BCUT2D eigenvalue weighted by Crippen LogP contribution is -2.41. The fourth-order valence-corrected chi connectivity index (χ4v) is 8.52. The molecule has 0 aromatic carbocycles. The van der Waals surface area contributed by atoms with Crippen molar-refractivity contribution in [3.8, 4) is 11.7 Å². The van der Waals surface area contributed by atoms with Gasteiger partial charge in [0.25, 0.3) is 15.9 Å². The van der Waals surface area contributed by atoms with Crippen molar-refractivity contribution in [3.63, 3.8) is 0 Å². The van der Waals surface area contributed by atoms with Crippen LogP contribution in [0.15, 0.2) is 35.5 Å². The summed E-state index contributed by atoms with van der Waals surface area (Å²) in [4.78, 5) is 20.6. The summed E-state index contributed by atoms with van der Waals surface area (Å²) in [6.45, 7) is 10.8. The van der Waals surface area contributed by atoms with Crippen molar-refractivity contribution in [2.45, 2.75) is 83.3 Å². The third kappa shape index (κ3) is 5.22. The van der Waals surface area contributed by atoms with E-state index in [1.165, 1.54) is 30.1 Å². The molecule has 3 fully saturated rings. The summed E-state index contributed by atoms with van der Waals surface area (Å²) in [6, 6.07) is 5.15. The van der Waals surface area contributed by atoms with E-state index in [-0.39, 0.29) is 27.5 Å². The molecule has 3 aromatic heterocycles. The van der Waals surface area contributed by atoms with Crippen LogP contribution in [0.3, 0.4) is 0 Å². The lowest BCUT2D eigenvalue weighted by molar-refractivity contribution is 0.0981. The molecule has 0 unspecified atom stereocenters. The predicted octanol–water partition coefficient (Wildman–Crippen LogP) is 4.01. The number of aryl methyl sites for hydroxylation is 2. The van der Waals surface area contributed by atoms with Crippen LogP contribution in [0.2, 0.25) is 0 Å². The van der Waals surface area contributed by atoms with Crippen LogP contribution in [0.25, 0.3) is 5.82 Å². The van der Waals surface area contributed by atoms with Gasteiger partial charge in [-0.05, 0) is 82.3 Å². The Hall–Kier alpha value is -3.41. The molecule has 11 nitrogen and oxygen atoms in total. The second-order valence-electron chi connectivity index (χ2n) is 13.4. The zero-order valence-corrected chi connectivity index (χ0v) is 25.4. The number of hydrogen-bond acceptors (Lipinski definition) is 8. The fourth-order valence-electron chi connectivity index (χ4n) is 7.33. The summed E-state index contributed by atoms with van der Waals surface area (Å²) < 4.78 is 37.9. The van der Waals surface area contributed by atoms with Gasteiger partial charge in [-0.2, -0.15) is 5.10 Å². The minimum absolute atomic E-state index is 0.0266. The van der Waals surface area contributed by atoms with Crippen LogP contribution < -0.4 is 14.4 Å². The van der Waals surface area contributed by atoms with E-state index in [1.807, 2.05) is 12.3 Å². The highest BCUT2D eigenvalue weighted by Crippen LogP contribution is 2.46. The van der Waals surface area contributed by atoms with Gasteiger partial charge in [0.2, 0.25) is 5.88 Å². The summed E-state index contributed by atoms with van der Waals surface area (Å²) in [5.74, 6) is 2.14. The molecule has 0 radical (unpaired) electrons. The van der Waals surface area contributed by atoms with Crippen LogP contribution in [-0.4, -0.2) is 57.1 Å². The third-order valence-electron chi connectivity index (χ3n) is 8.82. The Morgan fingerprint density at radius 3 is 2.49 bits per heavy atom. The highest BCUT2D eigenvalue weighted by Gasteiger charge is 2.45. The van der Waals surface area contributed by atoms with Gasteiger partial charge in [0.1, 0.15) is 16.8 Å². The number of hydrogen-bond donors (Lipinski definition) is 1. The van der Waals surface area contributed by atoms with Crippen LogP contribution in [-0.2, 0) is 17.1 Å². The summed E-state index contributed by atoms with van der Waals surface area (Å²) in [5, 5.41) is 8.76. The van der Waals surface area contributed by atoms with E-state index < -0.39 is 15.9 Å². The molecule has 4 heterocycles. The Morgan fingerprint density at radius 1 is 1.10 bits per heavy atom. The molecular formula is C29H39N7O4S. The maximum absolute atomic E-state index is 13.6. The minimum Gasteiger partial charge on any atom is -0.473 e. The van der Waals surface area contributed by atoms with Crippen molar-refractivity contribution in [2.24, 2.45) is 24.3 Å². The van der Waals surface area contributed by atoms with Crippen LogP contribution in [0.1, 0.15) is 75.9 Å². The fraction of sp³-hybridized carbons (Fsp3) is 0.586. The maximum atomic E-state index is 13.6. The Labute approximate surface area is 241 Å². The van der Waals surface area contributed by atoms with Gasteiger partial charge in [-0.15, -0.1) is 5.10 Å². The van der Waals surface area contributed by atoms with Crippen molar-refractivity contribution in [1.29, 1.82) is 0 Å². The monoisotopic (exact) mass is 581 g/mol. The van der Waals surface area contributed by atoms with Crippen molar-refractivity contribution in [3.05, 3.63) is 41.9 Å². The molecule has 2 aliphatic carbocycles. The zero-order chi connectivity index (χ0) is 29.3. The average Bonchev–Trinajstić information content (AvgIpc) is 3.68. The van der Waals surface area contributed by atoms with Crippen molar-refractivity contribution >= 4 is 21.7 Å². The van der Waals surface area contributed by atoms with Gasteiger partial charge in [0.05, 0.1) is 11.3 Å². The summed E-state index contributed by atoms with van der Waals surface area (Å²) >= 11 is 0. The third-order valence-corrected chi connectivity index (χ3v) is 10.3. The highest BCUT2D eigenvalue weighted by atomic mass is 32.2. The molecule has 220 valence electrons. The first kappa shape index (κ1) is 27.7. The number of nitrogens with one attached hydrogen (secondary N) is 1. The van der Waals surface area contributed by atoms with Crippen molar-refractivity contribution in [1.82, 2.24) is 29.3 Å². The molecule has 2 saturated carbocycles. The van der Waals surface area contributed by atoms with Gasteiger partial charge in [0.15, 0.2) is 5.82 Å².